The van der Waals surface area contributed by atoms with Crippen LogP contribution in [0.4, 0.5) is 4.39 Å². The van der Waals surface area contributed by atoms with Crippen molar-refractivity contribution in [1.82, 2.24) is 25.2 Å². The van der Waals surface area contributed by atoms with Crippen LogP contribution in [0.25, 0.3) is 28.0 Å². The van der Waals surface area contributed by atoms with Crippen molar-refractivity contribution in [1.29, 1.82) is 5.41 Å². The molecule has 0 aliphatic heterocycles. The lowest BCUT2D eigenvalue weighted by Gasteiger charge is -2.15. The average molecular weight is 579 g/mol. The third kappa shape index (κ3) is 6.61. The van der Waals surface area contributed by atoms with Crippen molar-refractivity contribution in [2.24, 2.45) is 16.9 Å². The maximum Gasteiger partial charge on any atom is 0.354 e. The van der Waals surface area contributed by atoms with Gasteiger partial charge in [-0.05, 0) is 99.0 Å². The second-order valence-corrected chi connectivity index (χ2v) is 11.4. The van der Waals surface area contributed by atoms with E-state index in [0.29, 0.717) is 41.1 Å². The lowest BCUT2D eigenvalue weighted by molar-refractivity contribution is 0.478. The summed E-state index contributed by atoms with van der Waals surface area (Å²) >= 11 is 6.28. The van der Waals surface area contributed by atoms with Gasteiger partial charge in [0.15, 0.2) is 11.8 Å². The van der Waals surface area contributed by atoms with Gasteiger partial charge in [0.25, 0.3) is 0 Å². The van der Waals surface area contributed by atoms with Crippen LogP contribution in [0.5, 0.6) is 0 Å². The van der Waals surface area contributed by atoms with E-state index >= 15 is 4.39 Å². The van der Waals surface area contributed by atoms with Gasteiger partial charge < -0.3 is 27.1 Å². The zero-order valence-electron chi connectivity index (χ0n) is 23.1. The summed E-state index contributed by atoms with van der Waals surface area (Å²) in [7, 11) is 0. The molecule has 2 aromatic carbocycles. The normalized spacial score (nSPS) is 14.7. The lowest BCUT2D eigenvalue weighted by Crippen LogP contribution is -2.32. The molecule has 1 saturated carbocycles. The van der Waals surface area contributed by atoms with E-state index in [2.05, 4.69) is 27.5 Å². The average Bonchev–Trinajstić information content (AvgIpc) is 3.63. The fourth-order valence-electron chi connectivity index (χ4n) is 5.12. The quantitative estimate of drug-likeness (QED) is 0.0834. The number of aromatic nitrogens is 3. The molecule has 1 fully saturated rings. The van der Waals surface area contributed by atoms with E-state index in [0.717, 1.165) is 49.8 Å². The van der Waals surface area contributed by atoms with Crippen molar-refractivity contribution in [2.75, 3.05) is 19.6 Å². The van der Waals surface area contributed by atoms with Crippen LogP contribution in [0.2, 0.25) is 5.02 Å². The zero-order valence-corrected chi connectivity index (χ0v) is 23.8. The summed E-state index contributed by atoms with van der Waals surface area (Å²) in [6.07, 6.45) is 6.54. The molecule has 1 atom stereocenters. The van der Waals surface area contributed by atoms with Crippen molar-refractivity contribution in [2.45, 2.75) is 45.1 Å². The molecule has 0 bridgehead atoms. The van der Waals surface area contributed by atoms with E-state index in [9.17, 15) is 4.79 Å². The molecule has 1 aliphatic rings. The Labute approximate surface area is 243 Å². The van der Waals surface area contributed by atoms with Gasteiger partial charge in [-0.15, -0.1) is 0 Å². The van der Waals surface area contributed by atoms with Crippen LogP contribution in [0.1, 0.15) is 49.8 Å². The maximum atomic E-state index is 15.1. The molecule has 0 spiro atoms. The molecule has 8 N–H and O–H groups in total. The van der Waals surface area contributed by atoms with Gasteiger partial charge in [0, 0.05) is 29.7 Å². The van der Waals surface area contributed by atoms with E-state index < -0.39 is 11.5 Å². The maximum absolute atomic E-state index is 15.1. The molecule has 1 aliphatic carbocycles. The predicted molar refractivity (Wildman–Crippen MR) is 162 cm³/mol. The lowest BCUT2D eigenvalue weighted by atomic mass is 9.95. The van der Waals surface area contributed by atoms with E-state index in [1.54, 1.807) is 18.3 Å². The van der Waals surface area contributed by atoms with Crippen LogP contribution in [0, 0.1) is 16.6 Å². The summed E-state index contributed by atoms with van der Waals surface area (Å²) in [5.41, 5.74) is 15.0. The second kappa shape index (κ2) is 12.0. The molecule has 5 rings (SSSR count). The van der Waals surface area contributed by atoms with Gasteiger partial charge in [0.1, 0.15) is 5.65 Å². The van der Waals surface area contributed by atoms with Crippen molar-refractivity contribution in [3.8, 4) is 16.9 Å². The third-order valence-electron chi connectivity index (χ3n) is 8.01. The Morgan fingerprint density at radius 3 is 2.68 bits per heavy atom. The van der Waals surface area contributed by atoms with E-state index in [-0.39, 0.29) is 22.4 Å². The molecule has 2 heterocycles. The number of nitrogens with zero attached hydrogens (tertiary/aromatic N) is 2. The Morgan fingerprint density at radius 1 is 1.24 bits per heavy atom. The molecule has 11 heteroatoms. The molecule has 0 unspecified atom stereocenters. The molecule has 0 radical (unpaired) electrons. The molecule has 41 heavy (non-hydrogen) atoms. The molecule has 2 aromatic heterocycles. The van der Waals surface area contributed by atoms with Gasteiger partial charge in [0.05, 0.1) is 16.4 Å². The van der Waals surface area contributed by atoms with Crippen LogP contribution in [0.3, 0.4) is 0 Å². The number of rotatable bonds is 12. The second-order valence-electron chi connectivity index (χ2n) is 11.0. The Morgan fingerprint density at radius 2 is 2.00 bits per heavy atom. The minimum atomic E-state index is -0.509. The van der Waals surface area contributed by atoms with Gasteiger partial charge >= 0.3 is 5.69 Å². The Kier molecular flexibility index (Phi) is 8.44. The van der Waals surface area contributed by atoms with E-state index in [1.165, 1.54) is 4.57 Å². The zero-order chi connectivity index (χ0) is 29.1. The van der Waals surface area contributed by atoms with Gasteiger partial charge in [-0.25, -0.2) is 9.18 Å². The molecular weight excluding hydrogens is 543 g/mol. The summed E-state index contributed by atoms with van der Waals surface area (Å²) in [4.78, 5) is 20.3. The number of fused-ring (bicyclic) bond motifs is 1. The highest BCUT2D eigenvalue weighted by Crippen LogP contribution is 2.48. The number of guanidine groups is 1. The first-order valence-corrected chi connectivity index (χ1v) is 14.3. The van der Waals surface area contributed by atoms with Crippen LogP contribution in [-0.2, 0) is 6.42 Å². The first-order chi connectivity index (χ1) is 19.7. The highest BCUT2D eigenvalue weighted by molar-refractivity contribution is 6.31. The smallest absolute Gasteiger partial charge is 0.354 e. The van der Waals surface area contributed by atoms with E-state index in [1.807, 2.05) is 30.3 Å². The number of benzene rings is 2. The van der Waals surface area contributed by atoms with Crippen molar-refractivity contribution in [3.63, 3.8) is 0 Å². The number of halogens is 2. The minimum Gasteiger partial charge on any atom is -0.370 e. The first kappa shape index (κ1) is 28.8. The first-order valence-electron chi connectivity index (χ1n) is 13.9. The Balaban J connectivity index is 1.33. The number of hydrogen-bond donors (Lipinski definition) is 6. The topological polar surface area (TPSA) is 151 Å². The predicted octanol–water partition coefficient (Wildman–Crippen LogP) is 4.37. The SMILES string of the molecule is C[C@H](NCCCNC(=N)N)c1ccc(-n2cc3cc(-c4cc(CCC5(CN)CC5)cc(Cl)c4F)[nH]c3nc2=O)cc1. The summed E-state index contributed by atoms with van der Waals surface area (Å²) < 4.78 is 16.6. The van der Waals surface area contributed by atoms with Crippen molar-refractivity contribution in [3.05, 3.63) is 81.1 Å². The highest BCUT2D eigenvalue weighted by atomic mass is 35.5. The molecule has 4 aromatic rings. The van der Waals surface area contributed by atoms with Gasteiger partial charge in [-0.2, -0.15) is 4.98 Å². The van der Waals surface area contributed by atoms with Crippen molar-refractivity contribution < 1.29 is 4.39 Å². The van der Waals surface area contributed by atoms with Crippen LogP contribution in [0.15, 0.2) is 53.5 Å². The summed E-state index contributed by atoms with van der Waals surface area (Å²) in [6.45, 7) is 4.13. The number of H-pyrrole nitrogens is 1. The Hall–Kier alpha value is -3.73. The monoisotopic (exact) mass is 578 g/mol. The van der Waals surface area contributed by atoms with E-state index in [4.69, 9.17) is 28.5 Å². The number of nitrogens with one attached hydrogen (secondary N) is 4. The Bertz CT molecular complexity index is 1610. The molecule has 0 saturated heterocycles. The number of aromatic amines is 1. The molecular formula is C30H36ClFN8O. The molecule has 0 amide bonds. The fourth-order valence-corrected chi connectivity index (χ4v) is 5.37. The van der Waals surface area contributed by atoms with Gasteiger partial charge in [-0.3, -0.25) is 9.98 Å². The summed E-state index contributed by atoms with van der Waals surface area (Å²) in [5.74, 6) is -0.538. The van der Waals surface area contributed by atoms with Gasteiger partial charge in [0.2, 0.25) is 0 Å². The van der Waals surface area contributed by atoms with Crippen LogP contribution < -0.4 is 27.8 Å². The number of hydrogen-bond acceptors (Lipinski definition) is 5. The third-order valence-corrected chi connectivity index (χ3v) is 8.29. The molecule has 9 nitrogen and oxygen atoms in total. The highest BCUT2D eigenvalue weighted by Gasteiger charge is 2.40. The summed E-state index contributed by atoms with van der Waals surface area (Å²) in [5, 5.41) is 14.2. The van der Waals surface area contributed by atoms with Crippen LogP contribution >= 0.6 is 11.6 Å². The number of aryl methyl sites for hydroxylation is 1. The van der Waals surface area contributed by atoms with Gasteiger partial charge in [-0.1, -0.05) is 23.7 Å². The molecule has 216 valence electrons. The standard InChI is InChI=1S/C30H36ClFN8O/c1-18(36-11-2-12-37-28(34)35)20-3-5-22(6-4-20)40-16-21-15-25(38-27(21)39-29(40)41)23-13-19(14-24(31)26(23)32)7-8-30(17-33)9-10-30/h3-6,13-16,18,36H,2,7-12,17,33H2,1H3,(H4,34,35,37)(H,38,39,41)/t18-/m0/s1. The van der Waals surface area contributed by atoms with Crippen LogP contribution in [-0.4, -0.2) is 40.1 Å². The van der Waals surface area contributed by atoms with Crippen molar-refractivity contribution >= 4 is 28.6 Å². The largest absolute Gasteiger partial charge is 0.370 e. The minimum absolute atomic E-state index is 0.0292. The number of nitrogens with two attached hydrogens (primary N) is 2. The fraction of sp³-hybridized carbons (Fsp3) is 0.367. The summed E-state index contributed by atoms with van der Waals surface area (Å²) in [6, 6.07) is 13.1.